The van der Waals surface area contributed by atoms with E-state index in [0.29, 0.717) is 24.0 Å². The second-order valence-corrected chi connectivity index (χ2v) is 10.0. The van der Waals surface area contributed by atoms with Crippen molar-refractivity contribution < 1.29 is 9.47 Å². The zero-order chi connectivity index (χ0) is 24.5. The number of H-pyrrole nitrogens is 1. The Labute approximate surface area is 210 Å². The fourth-order valence-corrected chi connectivity index (χ4v) is 5.33. The Morgan fingerprint density at radius 1 is 0.944 bits per heavy atom. The van der Waals surface area contributed by atoms with E-state index in [9.17, 15) is 0 Å². The van der Waals surface area contributed by atoms with Crippen LogP contribution < -0.4 is 10.1 Å². The van der Waals surface area contributed by atoms with Crippen molar-refractivity contribution in [3.63, 3.8) is 0 Å². The number of likely N-dealkylation sites (tertiary alicyclic amines) is 1. The predicted octanol–water partition coefficient (Wildman–Crippen LogP) is 4.41. The van der Waals surface area contributed by atoms with Crippen LogP contribution in [0.2, 0.25) is 0 Å². The zero-order valence-corrected chi connectivity index (χ0v) is 20.9. The van der Waals surface area contributed by atoms with Crippen LogP contribution >= 0.6 is 0 Å². The molecule has 2 N–H and O–H groups in total. The fraction of sp³-hybridized carbons (Fsp3) is 0.481. The highest BCUT2D eigenvalue weighted by molar-refractivity contribution is 5.95. The average molecular weight is 488 g/mol. The number of anilines is 1. The van der Waals surface area contributed by atoms with Gasteiger partial charge in [-0.25, -0.2) is 15.0 Å². The van der Waals surface area contributed by atoms with E-state index in [1.54, 1.807) is 13.3 Å². The maximum atomic E-state index is 6.16. The summed E-state index contributed by atoms with van der Waals surface area (Å²) in [6, 6.07) is 6.51. The molecule has 36 heavy (non-hydrogen) atoms. The van der Waals surface area contributed by atoms with Crippen molar-refractivity contribution in [2.45, 2.75) is 56.8 Å². The molecular formula is C27H33N7O2. The largest absolute Gasteiger partial charge is 0.473 e. The Morgan fingerprint density at radius 3 is 2.58 bits per heavy atom. The summed E-state index contributed by atoms with van der Waals surface area (Å²) in [4.78, 5) is 24.4. The highest BCUT2D eigenvalue weighted by Gasteiger charge is 2.22. The monoisotopic (exact) mass is 487 g/mol. The van der Waals surface area contributed by atoms with E-state index < -0.39 is 0 Å². The first-order valence-corrected chi connectivity index (χ1v) is 12.9. The van der Waals surface area contributed by atoms with E-state index >= 15 is 0 Å². The molecule has 4 heterocycles. The van der Waals surface area contributed by atoms with Crippen LogP contribution in [-0.4, -0.2) is 75.3 Å². The minimum Gasteiger partial charge on any atom is -0.473 e. The van der Waals surface area contributed by atoms with Crippen LogP contribution in [0.25, 0.3) is 33.2 Å². The summed E-state index contributed by atoms with van der Waals surface area (Å²) in [7, 11) is 3.94. The van der Waals surface area contributed by atoms with Gasteiger partial charge in [-0.15, -0.1) is 0 Å². The first-order chi connectivity index (χ1) is 17.6. The van der Waals surface area contributed by atoms with Gasteiger partial charge in [0.15, 0.2) is 0 Å². The van der Waals surface area contributed by atoms with Crippen LogP contribution in [0.4, 0.5) is 5.95 Å². The van der Waals surface area contributed by atoms with E-state index in [0.717, 1.165) is 84.8 Å². The summed E-state index contributed by atoms with van der Waals surface area (Å²) in [6.45, 7) is 2.09. The van der Waals surface area contributed by atoms with Crippen molar-refractivity contribution >= 4 is 28.0 Å². The lowest BCUT2D eigenvalue weighted by atomic mass is 9.93. The molecule has 1 aliphatic heterocycles. The molecule has 0 unspecified atom stereocenters. The molecule has 9 nitrogen and oxygen atoms in total. The van der Waals surface area contributed by atoms with Gasteiger partial charge >= 0.3 is 0 Å². The van der Waals surface area contributed by atoms with Crippen molar-refractivity contribution in [3.8, 4) is 17.0 Å². The van der Waals surface area contributed by atoms with Crippen LogP contribution in [0.3, 0.4) is 0 Å². The van der Waals surface area contributed by atoms with Gasteiger partial charge in [-0.1, -0.05) is 6.07 Å². The molecule has 188 valence electrons. The number of aromatic nitrogens is 5. The minimum absolute atomic E-state index is 0.194. The molecule has 1 saturated heterocycles. The number of fused-ring (bicyclic) bond motifs is 2. The van der Waals surface area contributed by atoms with Crippen molar-refractivity contribution in [2.24, 2.45) is 0 Å². The second-order valence-electron chi connectivity index (χ2n) is 10.0. The molecule has 1 aliphatic carbocycles. The molecule has 4 aromatic rings. The van der Waals surface area contributed by atoms with Gasteiger partial charge in [0.2, 0.25) is 11.8 Å². The van der Waals surface area contributed by atoms with Crippen molar-refractivity contribution in [1.29, 1.82) is 0 Å². The van der Waals surface area contributed by atoms with Gasteiger partial charge in [0.05, 0.1) is 23.3 Å². The summed E-state index contributed by atoms with van der Waals surface area (Å²) >= 11 is 0. The molecule has 0 radical (unpaired) electrons. The van der Waals surface area contributed by atoms with E-state index in [2.05, 4.69) is 44.3 Å². The number of piperidine rings is 1. The molecule has 6 rings (SSSR count). The van der Waals surface area contributed by atoms with E-state index in [4.69, 9.17) is 19.4 Å². The third-order valence-corrected chi connectivity index (χ3v) is 7.56. The SMILES string of the molecule is CO[C@H]1CC[C@@H](Nc2ncc3c(-c4ccc5ncc(OC6CCN(C)CC6)nc5c4)c[nH]c3n2)CC1. The van der Waals surface area contributed by atoms with Crippen molar-refractivity contribution in [2.75, 3.05) is 32.6 Å². The molecule has 2 fully saturated rings. The predicted molar refractivity (Wildman–Crippen MR) is 140 cm³/mol. The quantitative estimate of drug-likeness (QED) is 0.412. The third kappa shape index (κ3) is 4.85. The molecule has 1 saturated carbocycles. The maximum Gasteiger partial charge on any atom is 0.233 e. The first kappa shape index (κ1) is 23.1. The molecule has 0 atom stereocenters. The van der Waals surface area contributed by atoms with Gasteiger partial charge in [-0.2, -0.15) is 4.98 Å². The van der Waals surface area contributed by atoms with Crippen LogP contribution in [-0.2, 0) is 4.74 Å². The average Bonchev–Trinajstić information content (AvgIpc) is 3.33. The van der Waals surface area contributed by atoms with Gasteiger partial charge in [0.25, 0.3) is 0 Å². The second kappa shape index (κ2) is 9.99. The molecular weight excluding hydrogens is 454 g/mol. The van der Waals surface area contributed by atoms with Gasteiger partial charge in [-0.05, 0) is 63.3 Å². The highest BCUT2D eigenvalue weighted by Crippen LogP contribution is 2.31. The van der Waals surface area contributed by atoms with Crippen LogP contribution in [0.5, 0.6) is 5.88 Å². The molecule has 0 bridgehead atoms. The van der Waals surface area contributed by atoms with Crippen molar-refractivity contribution in [1.82, 2.24) is 29.8 Å². The van der Waals surface area contributed by atoms with E-state index in [1.165, 1.54) is 0 Å². The van der Waals surface area contributed by atoms with Gasteiger partial charge in [0.1, 0.15) is 11.8 Å². The minimum atomic E-state index is 0.194. The zero-order valence-electron chi connectivity index (χ0n) is 20.9. The summed E-state index contributed by atoms with van der Waals surface area (Å²) in [6.07, 6.45) is 12.5. The summed E-state index contributed by atoms with van der Waals surface area (Å²) in [5.74, 6) is 1.25. The normalized spacial score (nSPS) is 21.7. The fourth-order valence-electron chi connectivity index (χ4n) is 5.33. The topological polar surface area (TPSA) is 101 Å². The Bertz CT molecular complexity index is 1340. The third-order valence-electron chi connectivity index (χ3n) is 7.56. The Balaban J connectivity index is 1.20. The van der Waals surface area contributed by atoms with Gasteiger partial charge in [0, 0.05) is 49.6 Å². The summed E-state index contributed by atoms with van der Waals surface area (Å²) in [5.41, 5.74) is 4.57. The van der Waals surface area contributed by atoms with Gasteiger partial charge < -0.3 is 24.7 Å². The number of aromatic amines is 1. The van der Waals surface area contributed by atoms with Crippen LogP contribution in [0, 0.1) is 0 Å². The highest BCUT2D eigenvalue weighted by atomic mass is 16.5. The molecule has 9 heteroatoms. The van der Waals surface area contributed by atoms with Gasteiger partial charge in [-0.3, -0.25) is 0 Å². The van der Waals surface area contributed by atoms with Crippen LogP contribution in [0.1, 0.15) is 38.5 Å². The lowest BCUT2D eigenvalue weighted by molar-refractivity contribution is 0.0681. The Hall–Kier alpha value is -3.30. The maximum absolute atomic E-state index is 6.16. The molecule has 2 aliphatic rings. The smallest absolute Gasteiger partial charge is 0.233 e. The first-order valence-electron chi connectivity index (χ1n) is 12.9. The van der Waals surface area contributed by atoms with Crippen molar-refractivity contribution in [3.05, 3.63) is 36.8 Å². The Kier molecular flexibility index (Phi) is 6.41. The standard InChI is InChI=1S/C27H33N7O2/c1-34-11-9-20(10-12-34)36-25-16-28-23-8-3-17(13-24(23)32-25)21-14-29-26-22(21)15-30-27(33-26)31-18-4-6-19(35-2)7-5-18/h3,8,13-16,18-20H,4-7,9-12H2,1-2H3,(H2,29,30,31,33)/t18-,19+. The molecule has 0 amide bonds. The lowest BCUT2D eigenvalue weighted by Gasteiger charge is -2.28. The van der Waals surface area contributed by atoms with E-state index in [1.807, 2.05) is 18.5 Å². The number of benzene rings is 1. The number of nitrogens with one attached hydrogen (secondary N) is 2. The number of methoxy groups -OCH3 is 1. The molecule has 0 spiro atoms. The summed E-state index contributed by atoms with van der Waals surface area (Å²) < 4.78 is 11.6. The number of nitrogens with zero attached hydrogens (tertiary/aromatic N) is 5. The molecule has 3 aromatic heterocycles. The number of hydrogen-bond acceptors (Lipinski definition) is 8. The number of ether oxygens (including phenoxy) is 2. The molecule has 1 aromatic carbocycles. The lowest BCUT2D eigenvalue weighted by Crippen LogP contribution is -2.35. The number of rotatable bonds is 6. The van der Waals surface area contributed by atoms with Crippen LogP contribution in [0.15, 0.2) is 36.8 Å². The summed E-state index contributed by atoms with van der Waals surface area (Å²) in [5, 5.41) is 4.48. The van der Waals surface area contributed by atoms with E-state index in [-0.39, 0.29) is 6.10 Å². The Morgan fingerprint density at radius 2 is 1.78 bits per heavy atom. The number of hydrogen-bond donors (Lipinski definition) is 2.